The molecule has 0 saturated carbocycles. The number of carbonyl (C=O) groups is 1. The van der Waals surface area contributed by atoms with Gasteiger partial charge in [0.15, 0.2) is 0 Å². The van der Waals surface area contributed by atoms with Gasteiger partial charge in [-0.2, -0.15) is 0 Å². The largest absolute Gasteiger partial charge is 0.497 e. The first-order valence-corrected chi connectivity index (χ1v) is 9.07. The van der Waals surface area contributed by atoms with Gasteiger partial charge in [-0.15, -0.1) is 11.3 Å². The Morgan fingerprint density at radius 3 is 2.46 bits per heavy atom. The SMILES string of the molecule is COc1ccc(NC(=O)Cc2csc(COc3ccc(C)cc3)n2)cc1. The van der Waals surface area contributed by atoms with E-state index in [-0.39, 0.29) is 12.3 Å². The van der Waals surface area contributed by atoms with Crippen molar-refractivity contribution in [3.63, 3.8) is 0 Å². The van der Waals surface area contributed by atoms with Crippen LogP contribution in [0, 0.1) is 6.92 Å². The van der Waals surface area contributed by atoms with Crippen molar-refractivity contribution in [2.45, 2.75) is 20.0 Å². The summed E-state index contributed by atoms with van der Waals surface area (Å²) in [5, 5.41) is 5.59. The van der Waals surface area contributed by atoms with Crippen LogP contribution >= 0.6 is 11.3 Å². The zero-order chi connectivity index (χ0) is 18.4. The lowest BCUT2D eigenvalue weighted by Crippen LogP contribution is -2.14. The van der Waals surface area contributed by atoms with E-state index in [0.717, 1.165) is 27.9 Å². The molecule has 1 N–H and O–H groups in total. The van der Waals surface area contributed by atoms with Crippen LogP contribution in [0.1, 0.15) is 16.3 Å². The summed E-state index contributed by atoms with van der Waals surface area (Å²) >= 11 is 1.49. The quantitative estimate of drug-likeness (QED) is 0.678. The van der Waals surface area contributed by atoms with Crippen LogP contribution < -0.4 is 14.8 Å². The van der Waals surface area contributed by atoms with Gasteiger partial charge in [0.2, 0.25) is 5.91 Å². The van der Waals surface area contributed by atoms with Crippen LogP contribution in [0.3, 0.4) is 0 Å². The number of aryl methyl sites for hydroxylation is 1. The van der Waals surface area contributed by atoms with Crippen LogP contribution in [0.25, 0.3) is 0 Å². The predicted molar refractivity (Wildman–Crippen MR) is 103 cm³/mol. The van der Waals surface area contributed by atoms with Gasteiger partial charge in [-0.05, 0) is 43.3 Å². The molecule has 0 fully saturated rings. The van der Waals surface area contributed by atoms with E-state index in [1.807, 2.05) is 36.6 Å². The van der Waals surface area contributed by atoms with Crippen molar-refractivity contribution in [3.05, 3.63) is 70.2 Å². The summed E-state index contributed by atoms with van der Waals surface area (Å²) in [6, 6.07) is 15.1. The first-order chi connectivity index (χ1) is 12.6. The molecule has 3 rings (SSSR count). The molecule has 1 aromatic heterocycles. The number of carbonyl (C=O) groups excluding carboxylic acids is 1. The van der Waals surface area contributed by atoms with Crippen molar-refractivity contribution in [3.8, 4) is 11.5 Å². The number of hydrogen-bond acceptors (Lipinski definition) is 5. The topological polar surface area (TPSA) is 60.5 Å². The maximum absolute atomic E-state index is 12.1. The van der Waals surface area contributed by atoms with Gasteiger partial charge in [-0.3, -0.25) is 4.79 Å². The van der Waals surface area contributed by atoms with Crippen molar-refractivity contribution in [2.75, 3.05) is 12.4 Å². The molecule has 0 aliphatic heterocycles. The highest BCUT2D eigenvalue weighted by molar-refractivity contribution is 7.09. The third kappa shape index (κ3) is 5.07. The Morgan fingerprint density at radius 2 is 1.77 bits per heavy atom. The molecule has 2 aromatic carbocycles. The number of rotatable bonds is 7. The zero-order valence-corrected chi connectivity index (χ0v) is 15.5. The minimum Gasteiger partial charge on any atom is -0.497 e. The van der Waals surface area contributed by atoms with Crippen LogP contribution in [-0.4, -0.2) is 18.0 Å². The monoisotopic (exact) mass is 368 g/mol. The highest BCUT2D eigenvalue weighted by atomic mass is 32.1. The fourth-order valence-corrected chi connectivity index (χ4v) is 3.03. The predicted octanol–water partition coefficient (Wildman–Crippen LogP) is 4.22. The number of hydrogen-bond donors (Lipinski definition) is 1. The molecular formula is C20H20N2O3S. The average molecular weight is 368 g/mol. The van der Waals surface area contributed by atoms with Gasteiger partial charge in [-0.1, -0.05) is 17.7 Å². The number of nitrogens with zero attached hydrogens (tertiary/aromatic N) is 1. The van der Waals surface area contributed by atoms with Crippen LogP contribution in [0.15, 0.2) is 53.9 Å². The number of anilines is 1. The lowest BCUT2D eigenvalue weighted by molar-refractivity contribution is -0.115. The molecule has 0 atom stereocenters. The number of ether oxygens (including phenoxy) is 2. The lowest BCUT2D eigenvalue weighted by Gasteiger charge is -2.05. The maximum atomic E-state index is 12.1. The number of methoxy groups -OCH3 is 1. The highest BCUT2D eigenvalue weighted by Gasteiger charge is 2.09. The summed E-state index contributed by atoms with van der Waals surface area (Å²) in [5.41, 5.74) is 2.66. The van der Waals surface area contributed by atoms with Gasteiger partial charge in [0.05, 0.1) is 19.2 Å². The summed E-state index contributed by atoms with van der Waals surface area (Å²) in [5.74, 6) is 1.46. The summed E-state index contributed by atoms with van der Waals surface area (Å²) in [6.45, 7) is 2.43. The second-order valence-corrected chi connectivity index (χ2v) is 6.73. The zero-order valence-electron chi connectivity index (χ0n) is 14.7. The maximum Gasteiger partial charge on any atom is 0.230 e. The van der Waals surface area contributed by atoms with Gasteiger partial charge in [0, 0.05) is 11.1 Å². The number of nitrogens with one attached hydrogen (secondary N) is 1. The van der Waals surface area contributed by atoms with Crippen molar-refractivity contribution in [1.29, 1.82) is 0 Å². The second-order valence-electron chi connectivity index (χ2n) is 5.79. The van der Waals surface area contributed by atoms with Gasteiger partial charge in [-0.25, -0.2) is 4.98 Å². The molecule has 3 aromatic rings. The summed E-state index contributed by atoms with van der Waals surface area (Å²) in [6.07, 6.45) is 0.229. The van der Waals surface area contributed by atoms with Crippen LogP contribution in [0.2, 0.25) is 0 Å². The van der Waals surface area contributed by atoms with Crippen LogP contribution in [-0.2, 0) is 17.8 Å². The number of benzene rings is 2. The average Bonchev–Trinajstić information content (AvgIpc) is 3.09. The van der Waals surface area contributed by atoms with Crippen molar-refractivity contribution in [2.24, 2.45) is 0 Å². The number of thiazole rings is 1. The molecule has 0 saturated heterocycles. The molecule has 0 spiro atoms. The van der Waals surface area contributed by atoms with Crippen LogP contribution in [0.4, 0.5) is 5.69 Å². The van der Waals surface area contributed by atoms with Gasteiger partial charge < -0.3 is 14.8 Å². The fourth-order valence-electron chi connectivity index (χ4n) is 2.32. The molecule has 0 radical (unpaired) electrons. The van der Waals surface area contributed by atoms with E-state index in [2.05, 4.69) is 10.3 Å². The Balaban J connectivity index is 1.50. The van der Waals surface area contributed by atoms with E-state index in [0.29, 0.717) is 6.61 Å². The normalized spacial score (nSPS) is 10.4. The van der Waals surface area contributed by atoms with Crippen molar-refractivity contribution >= 4 is 22.9 Å². The minimum absolute atomic E-state index is 0.105. The third-order valence-corrected chi connectivity index (χ3v) is 4.57. The van der Waals surface area contributed by atoms with E-state index >= 15 is 0 Å². The Labute approximate surface area is 156 Å². The first-order valence-electron chi connectivity index (χ1n) is 8.19. The Morgan fingerprint density at radius 1 is 1.08 bits per heavy atom. The summed E-state index contributed by atoms with van der Waals surface area (Å²) in [4.78, 5) is 16.6. The number of aromatic nitrogens is 1. The van der Waals surface area contributed by atoms with Gasteiger partial charge in [0.1, 0.15) is 23.1 Å². The molecule has 1 heterocycles. The first kappa shape index (κ1) is 17.9. The van der Waals surface area contributed by atoms with Crippen molar-refractivity contribution in [1.82, 2.24) is 4.98 Å². The smallest absolute Gasteiger partial charge is 0.230 e. The van der Waals surface area contributed by atoms with E-state index < -0.39 is 0 Å². The Bertz CT molecular complexity index is 858. The van der Waals surface area contributed by atoms with Crippen molar-refractivity contribution < 1.29 is 14.3 Å². The standard InChI is InChI=1S/C20H20N2O3S/c1-14-3-7-18(8-4-14)25-12-20-22-16(13-26-20)11-19(23)21-15-5-9-17(24-2)10-6-15/h3-10,13H,11-12H2,1-2H3,(H,21,23). The van der Waals surface area contributed by atoms with E-state index in [4.69, 9.17) is 9.47 Å². The van der Waals surface area contributed by atoms with Gasteiger partial charge >= 0.3 is 0 Å². The minimum atomic E-state index is -0.105. The third-order valence-electron chi connectivity index (χ3n) is 3.70. The number of amides is 1. The highest BCUT2D eigenvalue weighted by Crippen LogP contribution is 2.18. The summed E-state index contributed by atoms with van der Waals surface area (Å²) in [7, 11) is 1.61. The molecule has 0 aliphatic carbocycles. The molecule has 1 amide bonds. The molecule has 0 aliphatic rings. The molecule has 26 heavy (non-hydrogen) atoms. The van der Waals surface area contributed by atoms with E-state index in [9.17, 15) is 4.79 Å². The molecule has 0 bridgehead atoms. The molecular weight excluding hydrogens is 348 g/mol. The van der Waals surface area contributed by atoms with E-state index in [1.54, 1.807) is 31.4 Å². The van der Waals surface area contributed by atoms with Crippen LogP contribution in [0.5, 0.6) is 11.5 Å². The lowest BCUT2D eigenvalue weighted by atomic mass is 10.2. The Hall–Kier alpha value is -2.86. The summed E-state index contributed by atoms with van der Waals surface area (Å²) < 4.78 is 10.8. The molecule has 0 unspecified atom stereocenters. The van der Waals surface area contributed by atoms with Gasteiger partial charge in [0.25, 0.3) is 0 Å². The molecule has 6 heteroatoms. The second kappa shape index (κ2) is 8.49. The molecule has 134 valence electrons. The molecule has 5 nitrogen and oxygen atoms in total. The Kier molecular flexibility index (Phi) is 5.86. The fraction of sp³-hybridized carbons (Fsp3) is 0.200. The van der Waals surface area contributed by atoms with E-state index in [1.165, 1.54) is 16.9 Å².